The molecule has 7 heteroatoms. The first-order valence-corrected chi connectivity index (χ1v) is 11.0. The van der Waals surface area contributed by atoms with Crippen molar-refractivity contribution in [2.24, 2.45) is 0 Å². The van der Waals surface area contributed by atoms with Crippen LogP contribution in [0.25, 0.3) is 11.3 Å². The molecular formula is C26H29N3O4. The molecule has 7 nitrogen and oxygen atoms in total. The first-order chi connectivity index (χ1) is 16.1. The maximum Gasteiger partial charge on any atom is 0.321 e. The van der Waals surface area contributed by atoms with Crippen LogP contribution in [0.15, 0.2) is 72.9 Å². The predicted octanol–water partition coefficient (Wildman–Crippen LogP) is 3.55. The maximum absolute atomic E-state index is 12.3. The van der Waals surface area contributed by atoms with Gasteiger partial charge in [0.2, 0.25) is 0 Å². The Bertz CT molecular complexity index is 1020. The summed E-state index contributed by atoms with van der Waals surface area (Å²) >= 11 is 0. The number of benzene rings is 2. The third-order valence-electron chi connectivity index (χ3n) is 5.07. The van der Waals surface area contributed by atoms with E-state index in [4.69, 9.17) is 4.74 Å². The van der Waals surface area contributed by atoms with Gasteiger partial charge in [-0.1, -0.05) is 37.3 Å². The molecule has 1 amide bonds. The van der Waals surface area contributed by atoms with E-state index in [9.17, 15) is 14.7 Å². The van der Waals surface area contributed by atoms with Crippen molar-refractivity contribution in [1.29, 1.82) is 0 Å². The van der Waals surface area contributed by atoms with Gasteiger partial charge >= 0.3 is 5.97 Å². The van der Waals surface area contributed by atoms with Crippen molar-refractivity contribution in [2.45, 2.75) is 25.8 Å². The number of rotatable bonds is 12. The highest BCUT2D eigenvalue weighted by Gasteiger charge is 2.16. The average molecular weight is 448 g/mol. The molecule has 1 atom stereocenters. The Morgan fingerprint density at radius 3 is 2.39 bits per heavy atom. The van der Waals surface area contributed by atoms with E-state index >= 15 is 0 Å². The molecule has 33 heavy (non-hydrogen) atoms. The van der Waals surface area contributed by atoms with Crippen LogP contribution in [0.4, 0.5) is 0 Å². The van der Waals surface area contributed by atoms with E-state index in [0.29, 0.717) is 37.4 Å². The molecule has 0 unspecified atom stereocenters. The van der Waals surface area contributed by atoms with Gasteiger partial charge in [0.15, 0.2) is 0 Å². The molecule has 0 saturated carbocycles. The number of nitrogens with zero attached hydrogens (tertiary/aromatic N) is 1. The normalized spacial score (nSPS) is 11.5. The molecule has 0 aliphatic rings. The lowest BCUT2D eigenvalue weighted by molar-refractivity contribution is -0.139. The van der Waals surface area contributed by atoms with Crippen LogP contribution in [-0.2, 0) is 11.2 Å². The molecule has 0 saturated heterocycles. The summed E-state index contributed by atoms with van der Waals surface area (Å²) in [5.41, 5.74) is 3.30. The van der Waals surface area contributed by atoms with Crippen molar-refractivity contribution < 1.29 is 19.4 Å². The molecule has 172 valence electrons. The van der Waals surface area contributed by atoms with Crippen molar-refractivity contribution >= 4 is 11.9 Å². The highest BCUT2D eigenvalue weighted by Crippen LogP contribution is 2.17. The van der Waals surface area contributed by atoms with Crippen LogP contribution in [0.5, 0.6) is 5.75 Å². The van der Waals surface area contributed by atoms with Crippen LogP contribution >= 0.6 is 0 Å². The van der Waals surface area contributed by atoms with Gasteiger partial charge < -0.3 is 20.5 Å². The molecule has 1 heterocycles. The Balaban J connectivity index is 1.42. The Morgan fingerprint density at radius 2 is 1.76 bits per heavy atom. The number of hydrogen-bond donors (Lipinski definition) is 3. The molecule has 0 radical (unpaired) electrons. The van der Waals surface area contributed by atoms with Crippen molar-refractivity contribution in [3.05, 3.63) is 84.1 Å². The van der Waals surface area contributed by atoms with E-state index < -0.39 is 12.0 Å². The molecular weight excluding hydrogens is 418 g/mol. The Labute approximate surface area is 193 Å². The van der Waals surface area contributed by atoms with Crippen LogP contribution in [-0.4, -0.2) is 47.7 Å². The Morgan fingerprint density at radius 1 is 1.00 bits per heavy atom. The molecule has 2 aromatic carbocycles. The van der Waals surface area contributed by atoms with Crippen LogP contribution < -0.4 is 15.4 Å². The first-order valence-electron chi connectivity index (χ1n) is 11.0. The highest BCUT2D eigenvalue weighted by atomic mass is 16.5. The van der Waals surface area contributed by atoms with E-state index in [1.807, 2.05) is 61.5 Å². The van der Waals surface area contributed by atoms with E-state index in [0.717, 1.165) is 23.2 Å². The number of ether oxygens (including phenoxy) is 1. The van der Waals surface area contributed by atoms with Gasteiger partial charge in [-0.2, -0.15) is 0 Å². The standard InChI is InChI=1S/C26H29N3O4/c1-2-14-27-24(26(31)32)18-19-6-12-22(13-7-19)33-17-16-29-25(30)21-10-8-20(9-11-21)23-5-3-4-15-28-23/h3-13,15,24,27H,2,14,16-18H2,1H3,(H,29,30)(H,31,32)/t24-/m0/s1. The summed E-state index contributed by atoms with van der Waals surface area (Å²) in [6, 6.07) is 19.8. The smallest absolute Gasteiger partial charge is 0.321 e. The summed E-state index contributed by atoms with van der Waals surface area (Å²) in [6.45, 7) is 3.36. The van der Waals surface area contributed by atoms with E-state index in [2.05, 4.69) is 15.6 Å². The number of pyridine rings is 1. The third kappa shape index (κ3) is 7.43. The number of carbonyl (C=O) groups excluding carboxylic acids is 1. The van der Waals surface area contributed by atoms with Crippen molar-refractivity contribution in [1.82, 2.24) is 15.6 Å². The average Bonchev–Trinajstić information content (AvgIpc) is 2.85. The quantitative estimate of drug-likeness (QED) is 0.367. The second kappa shape index (κ2) is 12.4. The molecule has 0 aliphatic carbocycles. The lowest BCUT2D eigenvalue weighted by Crippen LogP contribution is -2.38. The second-order valence-corrected chi connectivity index (χ2v) is 7.59. The first kappa shape index (κ1) is 23.9. The maximum atomic E-state index is 12.3. The Kier molecular flexibility index (Phi) is 8.97. The number of carboxylic acid groups (broad SMARTS) is 1. The summed E-state index contributed by atoms with van der Waals surface area (Å²) < 4.78 is 5.69. The molecule has 3 N–H and O–H groups in total. The number of carboxylic acids is 1. The van der Waals surface area contributed by atoms with Gasteiger partial charge in [-0.05, 0) is 61.3 Å². The lowest BCUT2D eigenvalue weighted by atomic mass is 10.1. The van der Waals surface area contributed by atoms with Crippen LogP contribution in [0.3, 0.4) is 0 Å². The van der Waals surface area contributed by atoms with Gasteiger partial charge in [0, 0.05) is 17.3 Å². The minimum absolute atomic E-state index is 0.166. The lowest BCUT2D eigenvalue weighted by Gasteiger charge is -2.14. The zero-order chi connectivity index (χ0) is 23.5. The number of aromatic nitrogens is 1. The number of aliphatic carboxylic acids is 1. The molecule has 0 fully saturated rings. The van der Waals surface area contributed by atoms with Crippen molar-refractivity contribution in [2.75, 3.05) is 19.7 Å². The van der Waals surface area contributed by atoms with Crippen LogP contribution in [0.2, 0.25) is 0 Å². The summed E-state index contributed by atoms with van der Waals surface area (Å²) in [6.07, 6.45) is 3.02. The SMILES string of the molecule is CCCN[C@@H](Cc1ccc(OCCNC(=O)c2ccc(-c3ccccn3)cc2)cc1)C(=O)O. The van der Waals surface area contributed by atoms with Gasteiger partial charge in [-0.3, -0.25) is 14.6 Å². The fraction of sp³-hybridized carbons (Fsp3) is 0.269. The molecule has 3 rings (SSSR count). The van der Waals surface area contributed by atoms with Crippen molar-refractivity contribution in [3.8, 4) is 17.0 Å². The summed E-state index contributed by atoms with van der Waals surface area (Å²) in [7, 11) is 0. The molecule has 0 aliphatic heterocycles. The highest BCUT2D eigenvalue weighted by molar-refractivity contribution is 5.94. The topological polar surface area (TPSA) is 101 Å². The minimum atomic E-state index is -0.856. The van der Waals surface area contributed by atoms with Gasteiger partial charge in [-0.25, -0.2) is 0 Å². The summed E-state index contributed by atoms with van der Waals surface area (Å²) in [5.74, 6) is -0.354. The number of nitrogens with one attached hydrogen (secondary N) is 2. The molecule has 0 spiro atoms. The van der Waals surface area contributed by atoms with Gasteiger partial charge in [0.25, 0.3) is 5.91 Å². The van der Waals surface area contributed by atoms with E-state index in [-0.39, 0.29) is 5.91 Å². The Hall–Kier alpha value is -3.71. The predicted molar refractivity (Wildman–Crippen MR) is 127 cm³/mol. The number of amides is 1. The summed E-state index contributed by atoms with van der Waals surface area (Å²) in [5, 5.41) is 15.2. The summed E-state index contributed by atoms with van der Waals surface area (Å²) in [4.78, 5) is 28.0. The van der Waals surface area contributed by atoms with Gasteiger partial charge in [0.05, 0.1) is 12.2 Å². The zero-order valence-corrected chi connectivity index (χ0v) is 18.7. The van der Waals surface area contributed by atoms with E-state index in [1.165, 1.54) is 0 Å². The fourth-order valence-corrected chi connectivity index (χ4v) is 3.28. The number of carbonyl (C=O) groups is 2. The monoisotopic (exact) mass is 447 g/mol. The van der Waals surface area contributed by atoms with E-state index in [1.54, 1.807) is 18.3 Å². The molecule has 3 aromatic rings. The minimum Gasteiger partial charge on any atom is -0.492 e. The van der Waals surface area contributed by atoms with Gasteiger partial charge in [-0.15, -0.1) is 0 Å². The second-order valence-electron chi connectivity index (χ2n) is 7.59. The molecule has 1 aromatic heterocycles. The zero-order valence-electron chi connectivity index (χ0n) is 18.7. The van der Waals surface area contributed by atoms with Crippen LogP contribution in [0.1, 0.15) is 29.3 Å². The molecule has 0 bridgehead atoms. The third-order valence-corrected chi connectivity index (χ3v) is 5.07. The van der Waals surface area contributed by atoms with Gasteiger partial charge in [0.1, 0.15) is 18.4 Å². The van der Waals surface area contributed by atoms with Crippen LogP contribution in [0, 0.1) is 0 Å². The fourth-order valence-electron chi connectivity index (χ4n) is 3.28. The van der Waals surface area contributed by atoms with Crippen molar-refractivity contribution in [3.63, 3.8) is 0 Å². The number of hydrogen-bond acceptors (Lipinski definition) is 5. The largest absolute Gasteiger partial charge is 0.492 e.